The van der Waals surface area contributed by atoms with Crippen LogP contribution in [-0.4, -0.2) is 53.6 Å². The Labute approximate surface area is 176 Å². The lowest BCUT2D eigenvalue weighted by atomic mass is 10.3. The van der Waals surface area contributed by atoms with Gasteiger partial charge in [-0.25, -0.2) is 14.8 Å². The highest BCUT2D eigenvalue weighted by atomic mass is 32.1. The van der Waals surface area contributed by atoms with Gasteiger partial charge in [0.1, 0.15) is 5.75 Å². The van der Waals surface area contributed by atoms with Crippen molar-refractivity contribution in [2.45, 2.75) is 6.92 Å². The number of nitrogens with zero attached hydrogens (tertiary/aromatic N) is 4. The van der Waals surface area contributed by atoms with Crippen LogP contribution in [0, 0.1) is 0 Å². The molecule has 148 valence electrons. The lowest BCUT2D eigenvalue weighted by molar-refractivity contribution is 0.0735. The maximum Gasteiger partial charge on any atom is 0.372 e. The topological polar surface area (TPSA) is 58.6 Å². The maximum atomic E-state index is 12.5. The minimum absolute atomic E-state index is 0.366. The second-order valence-corrected chi connectivity index (χ2v) is 8.96. The largest absolute Gasteiger partial charge is 0.421 e. The number of carbonyl (C=O) groups excluding carboxylic acids is 1. The first-order valence-electron chi connectivity index (χ1n) is 9.65. The van der Waals surface area contributed by atoms with Gasteiger partial charge in [-0.1, -0.05) is 30.4 Å². The molecule has 0 spiro atoms. The molecule has 0 atom stereocenters. The van der Waals surface area contributed by atoms with Crippen LogP contribution < -0.4 is 9.64 Å². The van der Waals surface area contributed by atoms with E-state index in [2.05, 4.69) is 21.7 Å². The lowest BCUT2D eigenvalue weighted by Gasteiger charge is -2.33. The zero-order valence-corrected chi connectivity index (χ0v) is 17.6. The molecule has 2 aromatic carbocycles. The highest BCUT2D eigenvalue weighted by Gasteiger charge is 2.20. The fourth-order valence-electron chi connectivity index (χ4n) is 3.46. The summed E-state index contributed by atoms with van der Waals surface area (Å²) in [5, 5.41) is 1.40. The Kier molecular flexibility index (Phi) is 4.91. The number of fused-ring (bicyclic) bond motifs is 2. The highest BCUT2D eigenvalue weighted by Crippen LogP contribution is 2.32. The summed E-state index contributed by atoms with van der Waals surface area (Å²) in [6, 6.07) is 13.3. The number of hydrogen-bond donors (Lipinski definition) is 0. The van der Waals surface area contributed by atoms with Gasteiger partial charge in [0.05, 0.1) is 20.4 Å². The smallest absolute Gasteiger partial charge is 0.372 e. The molecule has 1 aliphatic heterocycles. The van der Waals surface area contributed by atoms with E-state index in [9.17, 15) is 4.79 Å². The number of esters is 1. The van der Waals surface area contributed by atoms with Crippen LogP contribution in [-0.2, 0) is 0 Å². The van der Waals surface area contributed by atoms with Gasteiger partial charge in [0, 0.05) is 32.2 Å². The van der Waals surface area contributed by atoms with Gasteiger partial charge in [0.25, 0.3) is 0 Å². The minimum atomic E-state index is -0.425. The number of ether oxygens (including phenoxy) is 1. The first kappa shape index (κ1) is 18.5. The molecule has 0 amide bonds. The van der Waals surface area contributed by atoms with Crippen molar-refractivity contribution in [1.29, 1.82) is 0 Å². The van der Waals surface area contributed by atoms with E-state index in [-0.39, 0.29) is 0 Å². The first-order chi connectivity index (χ1) is 14.2. The summed E-state index contributed by atoms with van der Waals surface area (Å²) in [7, 11) is 0. The Morgan fingerprint density at radius 1 is 1.00 bits per heavy atom. The molecule has 8 heteroatoms. The van der Waals surface area contributed by atoms with Crippen LogP contribution in [0.2, 0.25) is 0 Å². The molecule has 3 heterocycles. The van der Waals surface area contributed by atoms with E-state index >= 15 is 0 Å². The number of para-hydroxylation sites is 1. The van der Waals surface area contributed by atoms with E-state index in [1.54, 1.807) is 17.4 Å². The molecule has 0 radical (unpaired) electrons. The van der Waals surface area contributed by atoms with Crippen molar-refractivity contribution in [1.82, 2.24) is 14.9 Å². The Balaban J connectivity index is 1.34. The van der Waals surface area contributed by atoms with Gasteiger partial charge in [0.2, 0.25) is 5.01 Å². The minimum Gasteiger partial charge on any atom is -0.421 e. The van der Waals surface area contributed by atoms with Crippen LogP contribution in [0.25, 0.3) is 20.4 Å². The third kappa shape index (κ3) is 3.71. The maximum absolute atomic E-state index is 12.5. The number of aromatic nitrogens is 2. The van der Waals surface area contributed by atoms with E-state index in [1.807, 2.05) is 36.4 Å². The summed E-state index contributed by atoms with van der Waals surface area (Å²) < 4.78 is 7.59. The second kappa shape index (κ2) is 7.70. The van der Waals surface area contributed by atoms with E-state index in [4.69, 9.17) is 9.72 Å². The summed E-state index contributed by atoms with van der Waals surface area (Å²) in [4.78, 5) is 26.5. The van der Waals surface area contributed by atoms with E-state index in [1.165, 1.54) is 11.3 Å². The Bertz CT molecular complexity index is 1140. The SMILES string of the molecule is CCN1CCN(c2nc3ccc(OC(=O)c4nc5ccccc5s4)cc3s2)CC1. The fourth-order valence-corrected chi connectivity index (χ4v) is 5.34. The summed E-state index contributed by atoms with van der Waals surface area (Å²) in [6.45, 7) is 7.41. The summed E-state index contributed by atoms with van der Waals surface area (Å²) in [5.74, 6) is 0.0961. The third-order valence-electron chi connectivity index (χ3n) is 5.12. The molecule has 6 nitrogen and oxygen atoms in total. The molecule has 0 bridgehead atoms. The predicted octanol–water partition coefficient (Wildman–Crippen LogP) is 4.27. The van der Waals surface area contributed by atoms with Crippen LogP contribution in [0.4, 0.5) is 5.13 Å². The van der Waals surface area contributed by atoms with Crippen LogP contribution in [0.3, 0.4) is 0 Å². The standard InChI is InChI=1S/C21H20N4O2S2/c1-2-24-9-11-25(12-10-24)21-23-16-8-7-14(13-18(16)29-21)27-20(26)19-22-15-5-3-4-6-17(15)28-19/h3-8,13H,2,9-12H2,1H3. The van der Waals surface area contributed by atoms with Gasteiger partial charge < -0.3 is 14.5 Å². The molecule has 1 fully saturated rings. The molecule has 5 rings (SSSR count). The van der Waals surface area contributed by atoms with Gasteiger partial charge in [-0.3, -0.25) is 0 Å². The average molecular weight is 425 g/mol. The lowest BCUT2D eigenvalue weighted by Crippen LogP contribution is -2.46. The number of rotatable bonds is 4. The quantitative estimate of drug-likeness (QED) is 0.360. The number of likely N-dealkylation sites (N-methyl/N-ethyl adjacent to an activating group) is 1. The number of carbonyl (C=O) groups is 1. The summed E-state index contributed by atoms with van der Waals surface area (Å²) >= 11 is 2.99. The molecule has 1 aliphatic rings. The molecule has 0 aliphatic carbocycles. The van der Waals surface area contributed by atoms with Gasteiger partial charge in [0.15, 0.2) is 5.13 Å². The van der Waals surface area contributed by atoms with Crippen LogP contribution in [0.1, 0.15) is 16.7 Å². The number of anilines is 1. The van der Waals surface area contributed by atoms with Gasteiger partial charge >= 0.3 is 5.97 Å². The molecular weight excluding hydrogens is 404 g/mol. The first-order valence-corrected chi connectivity index (χ1v) is 11.3. The Hall–Kier alpha value is -2.55. The summed E-state index contributed by atoms with van der Waals surface area (Å²) in [5.41, 5.74) is 1.75. The second-order valence-electron chi connectivity index (χ2n) is 6.92. The number of piperazine rings is 1. The predicted molar refractivity (Wildman–Crippen MR) is 119 cm³/mol. The van der Waals surface area contributed by atoms with Crippen LogP contribution in [0.15, 0.2) is 42.5 Å². The van der Waals surface area contributed by atoms with Gasteiger partial charge in [-0.15, -0.1) is 11.3 Å². The molecule has 29 heavy (non-hydrogen) atoms. The molecule has 2 aromatic heterocycles. The van der Waals surface area contributed by atoms with Gasteiger partial charge in [-0.05, 0) is 30.8 Å². The van der Waals surface area contributed by atoms with Crippen molar-refractivity contribution < 1.29 is 9.53 Å². The molecule has 0 unspecified atom stereocenters. The summed E-state index contributed by atoms with van der Waals surface area (Å²) in [6.07, 6.45) is 0. The van der Waals surface area contributed by atoms with Crippen molar-refractivity contribution in [3.63, 3.8) is 0 Å². The molecular formula is C21H20N4O2S2. The van der Waals surface area contributed by atoms with Crippen molar-refractivity contribution >= 4 is 54.2 Å². The van der Waals surface area contributed by atoms with E-state index < -0.39 is 5.97 Å². The number of hydrogen-bond acceptors (Lipinski definition) is 8. The Morgan fingerprint density at radius 2 is 1.79 bits per heavy atom. The van der Waals surface area contributed by atoms with Crippen LogP contribution >= 0.6 is 22.7 Å². The van der Waals surface area contributed by atoms with Gasteiger partial charge in [-0.2, -0.15) is 0 Å². The fraction of sp³-hybridized carbons (Fsp3) is 0.286. The van der Waals surface area contributed by atoms with Crippen molar-refractivity contribution in [3.8, 4) is 5.75 Å². The van der Waals surface area contributed by atoms with Crippen molar-refractivity contribution in [3.05, 3.63) is 47.5 Å². The zero-order chi connectivity index (χ0) is 19.8. The molecule has 1 saturated heterocycles. The van der Waals surface area contributed by atoms with Crippen molar-refractivity contribution in [2.24, 2.45) is 0 Å². The third-order valence-corrected chi connectivity index (χ3v) is 7.21. The molecule has 4 aromatic rings. The number of thiazole rings is 2. The highest BCUT2D eigenvalue weighted by molar-refractivity contribution is 7.22. The molecule has 0 N–H and O–H groups in total. The normalized spacial score (nSPS) is 15.3. The van der Waals surface area contributed by atoms with Crippen molar-refractivity contribution in [2.75, 3.05) is 37.6 Å². The van der Waals surface area contributed by atoms with E-state index in [0.717, 1.165) is 58.3 Å². The monoisotopic (exact) mass is 424 g/mol. The van der Waals surface area contributed by atoms with Crippen LogP contribution in [0.5, 0.6) is 5.75 Å². The number of benzene rings is 2. The molecule has 0 saturated carbocycles. The van der Waals surface area contributed by atoms with E-state index in [0.29, 0.717) is 10.8 Å². The Morgan fingerprint density at radius 3 is 2.59 bits per heavy atom. The average Bonchev–Trinajstić information content (AvgIpc) is 3.37. The zero-order valence-electron chi connectivity index (χ0n) is 16.0.